The van der Waals surface area contributed by atoms with Gasteiger partial charge in [-0.05, 0) is 12.8 Å². The summed E-state index contributed by atoms with van der Waals surface area (Å²) >= 11 is 0. The minimum absolute atomic E-state index is 0.152. The molecule has 0 spiro atoms. The standard InChI is InChI=1S/C14H20O3/c1-3-13(10-7-11-16-2)17-14(15)12-8-5-4-6-9-12/h3-6,8-9,13-15H,1,7,10-11H2,2H3/t13-,14?/m1/s1. The molecule has 94 valence electrons. The Hall–Kier alpha value is -1.16. The van der Waals surface area contributed by atoms with E-state index < -0.39 is 6.29 Å². The molecule has 0 saturated carbocycles. The summed E-state index contributed by atoms with van der Waals surface area (Å²) in [6, 6.07) is 9.31. The molecule has 0 heterocycles. The summed E-state index contributed by atoms with van der Waals surface area (Å²) in [5.74, 6) is 0. The highest BCUT2D eigenvalue weighted by molar-refractivity contribution is 5.15. The van der Waals surface area contributed by atoms with Gasteiger partial charge in [0.15, 0.2) is 6.29 Å². The van der Waals surface area contributed by atoms with Gasteiger partial charge in [-0.15, -0.1) is 6.58 Å². The van der Waals surface area contributed by atoms with Crippen molar-refractivity contribution in [2.75, 3.05) is 13.7 Å². The lowest BCUT2D eigenvalue weighted by atomic mass is 10.2. The van der Waals surface area contributed by atoms with E-state index in [9.17, 15) is 5.11 Å². The largest absolute Gasteiger partial charge is 0.385 e. The quantitative estimate of drug-likeness (QED) is 0.428. The lowest BCUT2D eigenvalue weighted by molar-refractivity contribution is -0.128. The zero-order chi connectivity index (χ0) is 12.5. The van der Waals surface area contributed by atoms with Crippen LogP contribution in [0, 0.1) is 0 Å². The summed E-state index contributed by atoms with van der Waals surface area (Å²) < 4.78 is 10.5. The summed E-state index contributed by atoms with van der Waals surface area (Å²) in [6.07, 6.45) is 2.33. The maximum Gasteiger partial charge on any atom is 0.181 e. The van der Waals surface area contributed by atoms with Gasteiger partial charge in [0.25, 0.3) is 0 Å². The SMILES string of the molecule is C=C[C@H](CCCOC)OC(O)c1ccccc1. The highest BCUT2D eigenvalue weighted by Gasteiger charge is 2.12. The molecule has 3 nitrogen and oxygen atoms in total. The Labute approximate surface area is 103 Å². The topological polar surface area (TPSA) is 38.7 Å². The maximum atomic E-state index is 9.88. The molecule has 0 aliphatic carbocycles. The zero-order valence-corrected chi connectivity index (χ0v) is 10.2. The van der Waals surface area contributed by atoms with Crippen LogP contribution >= 0.6 is 0 Å². The van der Waals surface area contributed by atoms with Crippen molar-refractivity contribution in [1.29, 1.82) is 0 Å². The van der Waals surface area contributed by atoms with Crippen LogP contribution < -0.4 is 0 Å². The summed E-state index contributed by atoms with van der Waals surface area (Å²) in [5.41, 5.74) is 0.756. The normalized spacial score (nSPS) is 14.2. The number of benzene rings is 1. The fourth-order valence-corrected chi connectivity index (χ4v) is 1.53. The van der Waals surface area contributed by atoms with Gasteiger partial charge in [0.05, 0.1) is 6.10 Å². The maximum absolute atomic E-state index is 9.88. The summed E-state index contributed by atoms with van der Waals surface area (Å²) in [6.45, 7) is 4.40. The number of rotatable bonds is 8. The first-order chi connectivity index (χ1) is 8.27. The monoisotopic (exact) mass is 236 g/mol. The van der Waals surface area contributed by atoms with Gasteiger partial charge < -0.3 is 14.6 Å². The molecule has 0 radical (unpaired) electrons. The van der Waals surface area contributed by atoms with Crippen molar-refractivity contribution in [3.8, 4) is 0 Å². The molecule has 1 rings (SSSR count). The van der Waals surface area contributed by atoms with E-state index in [4.69, 9.17) is 9.47 Å². The van der Waals surface area contributed by atoms with Crippen molar-refractivity contribution < 1.29 is 14.6 Å². The van der Waals surface area contributed by atoms with Gasteiger partial charge in [-0.3, -0.25) is 0 Å². The lowest BCUT2D eigenvalue weighted by Crippen LogP contribution is -2.15. The number of ether oxygens (including phenoxy) is 2. The number of aliphatic hydroxyl groups is 1. The number of hydrogen-bond acceptors (Lipinski definition) is 3. The van der Waals surface area contributed by atoms with E-state index in [0.717, 1.165) is 18.4 Å². The molecule has 1 aromatic rings. The molecule has 0 bridgehead atoms. The molecule has 3 heteroatoms. The van der Waals surface area contributed by atoms with Crippen molar-refractivity contribution in [3.05, 3.63) is 48.6 Å². The third-order valence-electron chi connectivity index (χ3n) is 2.49. The Morgan fingerprint density at radius 1 is 1.35 bits per heavy atom. The predicted octanol–water partition coefficient (Wildman–Crippen LogP) is 2.68. The summed E-state index contributed by atoms with van der Waals surface area (Å²) in [4.78, 5) is 0. The smallest absolute Gasteiger partial charge is 0.181 e. The minimum atomic E-state index is -0.901. The molecule has 2 atom stereocenters. The van der Waals surface area contributed by atoms with Crippen molar-refractivity contribution in [2.24, 2.45) is 0 Å². The van der Waals surface area contributed by atoms with Crippen LogP contribution in [0.4, 0.5) is 0 Å². The molecule has 0 aromatic heterocycles. The van der Waals surface area contributed by atoms with E-state index in [-0.39, 0.29) is 6.10 Å². The van der Waals surface area contributed by atoms with Gasteiger partial charge in [0, 0.05) is 19.3 Å². The molecule has 1 N–H and O–H groups in total. The van der Waals surface area contributed by atoms with Crippen LogP contribution in [-0.2, 0) is 9.47 Å². The summed E-state index contributed by atoms with van der Waals surface area (Å²) in [5, 5.41) is 9.88. The molecule has 0 aliphatic heterocycles. The van der Waals surface area contributed by atoms with Crippen LogP contribution in [0.1, 0.15) is 24.7 Å². The van der Waals surface area contributed by atoms with Crippen LogP contribution in [0.25, 0.3) is 0 Å². The molecule has 0 fully saturated rings. The average molecular weight is 236 g/mol. The molecule has 0 amide bonds. The number of aliphatic hydroxyl groups excluding tert-OH is 1. The molecular weight excluding hydrogens is 216 g/mol. The van der Waals surface area contributed by atoms with E-state index in [1.165, 1.54) is 0 Å². The summed E-state index contributed by atoms with van der Waals surface area (Å²) in [7, 11) is 1.67. The lowest BCUT2D eigenvalue weighted by Gasteiger charge is -2.18. The first-order valence-electron chi connectivity index (χ1n) is 5.78. The highest BCUT2D eigenvalue weighted by Crippen LogP contribution is 2.18. The number of methoxy groups -OCH3 is 1. The van der Waals surface area contributed by atoms with Gasteiger partial charge in [-0.1, -0.05) is 36.4 Å². The molecule has 17 heavy (non-hydrogen) atoms. The van der Waals surface area contributed by atoms with E-state index in [2.05, 4.69) is 6.58 Å². The average Bonchev–Trinajstić information content (AvgIpc) is 2.38. The Bertz CT molecular complexity index is 311. The minimum Gasteiger partial charge on any atom is -0.385 e. The van der Waals surface area contributed by atoms with E-state index in [0.29, 0.717) is 6.61 Å². The van der Waals surface area contributed by atoms with Gasteiger partial charge in [0.1, 0.15) is 0 Å². The van der Waals surface area contributed by atoms with Crippen LogP contribution in [0.3, 0.4) is 0 Å². The van der Waals surface area contributed by atoms with Crippen molar-refractivity contribution >= 4 is 0 Å². The van der Waals surface area contributed by atoms with Crippen molar-refractivity contribution in [1.82, 2.24) is 0 Å². The van der Waals surface area contributed by atoms with Crippen LogP contribution in [0.2, 0.25) is 0 Å². The van der Waals surface area contributed by atoms with Crippen LogP contribution in [0.15, 0.2) is 43.0 Å². The molecular formula is C14H20O3. The third-order valence-corrected chi connectivity index (χ3v) is 2.49. The third kappa shape index (κ3) is 5.13. The van der Waals surface area contributed by atoms with E-state index in [1.807, 2.05) is 30.3 Å². The molecule has 0 saturated heterocycles. The number of hydrogen-bond donors (Lipinski definition) is 1. The Morgan fingerprint density at radius 3 is 2.65 bits per heavy atom. The molecule has 0 aliphatic rings. The fourth-order valence-electron chi connectivity index (χ4n) is 1.53. The second-order valence-corrected chi connectivity index (χ2v) is 3.81. The first kappa shape index (κ1) is 13.9. The zero-order valence-electron chi connectivity index (χ0n) is 10.2. The van der Waals surface area contributed by atoms with E-state index >= 15 is 0 Å². The second-order valence-electron chi connectivity index (χ2n) is 3.81. The van der Waals surface area contributed by atoms with Gasteiger partial charge in [-0.25, -0.2) is 0 Å². The molecule has 1 aromatic carbocycles. The van der Waals surface area contributed by atoms with Gasteiger partial charge in [-0.2, -0.15) is 0 Å². The fraction of sp³-hybridized carbons (Fsp3) is 0.429. The molecule has 1 unspecified atom stereocenters. The predicted molar refractivity (Wildman–Crippen MR) is 67.6 cm³/mol. The van der Waals surface area contributed by atoms with Crippen LogP contribution in [0.5, 0.6) is 0 Å². The van der Waals surface area contributed by atoms with Crippen molar-refractivity contribution in [3.63, 3.8) is 0 Å². The van der Waals surface area contributed by atoms with E-state index in [1.54, 1.807) is 13.2 Å². The Morgan fingerprint density at radius 2 is 2.06 bits per heavy atom. The van der Waals surface area contributed by atoms with Crippen LogP contribution in [-0.4, -0.2) is 24.9 Å². The van der Waals surface area contributed by atoms with Gasteiger partial charge in [0.2, 0.25) is 0 Å². The van der Waals surface area contributed by atoms with Crippen molar-refractivity contribution in [2.45, 2.75) is 25.2 Å². The Kier molecular flexibility index (Phi) is 6.55. The van der Waals surface area contributed by atoms with Gasteiger partial charge >= 0.3 is 0 Å². The first-order valence-corrected chi connectivity index (χ1v) is 5.78. The highest BCUT2D eigenvalue weighted by atomic mass is 16.6. The second kappa shape index (κ2) is 8.01. The Balaban J connectivity index is 2.42.